The van der Waals surface area contributed by atoms with Gasteiger partial charge in [-0.15, -0.1) is 0 Å². The van der Waals surface area contributed by atoms with Crippen molar-refractivity contribution >= 4 is 5.97 Å². The summed E-state index contributed by atoms with van der Waals surface area (Å²) in [6.07, 6.45) is 13.1. The van der Waals surface area contributed by atoms with E-state index in [4.69, 9.17) is 4.74 Å². The van der Waals surface area contributed by atoms with Crippen LogP contribution in [0, 0.1) is 5.41 Å². The van der Waals surface area contributed by atoms with Crippen LogP contribution >= 0.6 is 0 Å². The zero-order valence-corrected chi connectivity index (χ0v) is 16.3. The first kappa shape index (κ1) is 24.4. The van der Waals surface area contributed by atoms with Crippen molar-refractivity contribution in [3.8, 4) is 0 Å². The second-order valence-corrected chi connectivity index (χ2v) is 7.25. The molecule has 0 saturated carbocycles. The molecular weight excluding hydrogens is 320 g/mol. The molecule has 3 N–H and O–H groups in total. The topological polar surface area (TPSA) is 87.0 Å². The van der Waals surface area contributed by atoms with Gasteiger partial charge in [-0.3, -0.25) is 4.79 Å². The van der Waals surface area contributed by atoms with Gasteiger partial charge in [0.25, 0.3) is 0 Å². The van der Waals surface area contributed by atoms with E-state index in [1.165, 1.54) is 51.4 Å². The van der Waals surface area contributed by atoms with Crippen LogP contribution in [0.5, 0.6) is 0 Å². The first-order chi connectivity index (χ1) is 12.1. The van der Waals surface area contributed by atoms with Crippen LogP contribution in [-0.4, -0.2) is 47.2 Å². The molecule has 1 unspecified atom stereocenters. The molecule has 0 aliphatic carbocycles. The fourth-order valence-corrected chi connectivity index (χ4v) is 2.85. The van der Waals surface area contributed by atoms with Crippen LogP contribution in [-0.2, 0) is 9.53 Å². The molecule has 25 heavy (non-hydrogen) atoms. The van der Waals surface area contributed by atoms with Crippen LogP contribution in [0.4, 0.5) is 0 Å². The van der Waals surface area contributed by atoms with Gasteiger partial charge in [0.2, 0.25) is 0 Å². The van der Waals surface area contributed by atoms with Gasteiger partial charge in [0.1, 0.15) is 6.10 Å². The Balaban J connectivity index is 3.64. The van der Waals surface area contributed by atoms with Crippen LogP contribution in [0.2, 0.25) is 0 Å². The van der Waals surface area contributed by atoms with E-state index in [2.05, 4.69) is 6.92 Å². The zero-order chi connectivity index (χ0) is 19.0. The van der Waals surface area contributed by atoms with Crippen molar-refractivity contribution in [2.75, 3.05) is 19.8 Å². The molecule has 0 aromatic heterocycles. The average Bonchev–Trinajstić information content (AvgIpc) is 2.61. The SMILES string of the molecule is CCCCCCCCCCCCCC(=O)OC(C)C(CO)(CO)CO. The molecule has 0 bridgehead atoms. The Morgan fingerprint density at radius 3 is 1.60 bits per heavy atom. The van der Waals surface area contributed by atoms with Crippen molar-refractivity contribution in [2.45, 2.75) is 97.0 Å². The summed E-state index contributed by atoms with van der Waals surface area (Å²) in [5, 5.41) is 28.0. The van der Waals surface area contributed by atoms with Gasteiger partial charge >= 0.3 is 5.97 Å². The van der Waals surface area contributed by atoms with E-state index in [1.807, 2.05) is 0 Å². The smallest absolute Gasteiger partial charge is 0.306 e. The maximum atomic E-state index is 11.8. The van der Waals surface area contributed by atoms with E-state index in [0.29, 0.717) is 6.42 Å². The Hall–Kier alpha value is -0.650. The average molecular weight is 361 g/mol. The molecule has 1 atom stereocenters. The third kappa shape index (κ3) is 10.8. The Morgan fingerprint density at radius 2 is 1.20 bits per heavy atom. The highest BCUT2D eigenvalue weighted by molar-refractivity contribution is 5.69. The lowest BCUT2D eigenvalue weighted by molar-refractivity contribution is -0.163. The first-order valence-corrected chi connectivity index (χ1v) is 10.1. The van der Waals surface area contributed by atoms with Gasteiger partial charge in [-0.1, -0.05) is 71.1 Å². The largest absolute Gasteiger partial charge is 0.462 e. The number of hydrogen-bond donors (Lipinski definition) is 3. The molecule has 5 nitrogen and oxygen atoms in total. The lowest BCUT2D eigenvalue weighted by Gasteiger charge is -2.33. The fraction of sp³-hybridized carbons (Fsp3) is 0.950. The minimum absolute atomic E-state index is 0.330. The van der Waals surface area contributed by atoms with E-state index >= 15 is 0 Å². The lowest BCUT2D eigenvalue weighted by Crippen LogP contribution is -2.45. The second kappa shape index (κ2) is 15.6. The predicted octanol–water partition coefficient (Wildman–Crippen LogP) is 3.58. The quantitative estimate of drug-likeness (QED) is 0.273. The molecule has 150 valence electrons. The van der Waals surface area contributed by atoms with E-state index in [0.717, 1.165) is 19.3 Å². The van der Waals surface area contributed by atoms with Gasteiger partial charge < -0.3 is 20.1 Å². The highest BCUT2D eigenvalue weighted by Crippen LogP contribution is 2.23. The summed E-state index contributed by atoms with van der Waals surface area (Å²) in [4.78, 5) is 11.8. The summed E-state index contributed by atoms with van der Waals surface area (Å²) in [6, 6.07) is 0. The number of carbonyl (C=O) groups excluding carboxylic acids is 1. The highest BCUT2D eigenvalue weighted by Gasteiger charge is 2.37. The van der Waals surface area contributed by atoms with E-state index < -0.39 is 31.3 Å². The van der Waals surface area contributed by atoms with Gasteiger partial charge in [-0.25, -0.2) is 0 Å². The van der Waals surface area contributed by atoms with Crippen molar-refractivity contribution in [2.24, 2.45) is 5.41 Å². The summed E-state index contributed by atoms with van der Waals surface area (Å²) in [6.45, 7) is 2.56. The maximum Gasteiger partial charge on any atom is 0.306 e. The fourth-order valence-electron chi connectivity index (χ4n) is 2.85. The normalized spacial score (nSPS) is 13.0. The monoisotopic (exact) mass is 360 g/mol. The molecule has 0 heterocycles. The number of unbranched alkanes of at least 4 members (excludes halogenated alkanes) is 10. The number of hydrogen-bond acceptors (Lipinski definition) is 5. The molecule has 0 amide bonds. The first-order valence-electron chi connectivity index (χ1n) is 10.1. The molecule has 0 spiro atoms. The summed E-state index contributed by atoms with van der Waals surface area (Å²) in [5.41, 5.74) is -1.17. The summed E-state index contributed by atoms with van der Waals surface area (Å²) in [5.74, 6) is -0.330. The third-order valence-corrected chi connectivity index (χ3v) is 5.10. The second-order valence-electron chi connectivity index (χ2n) is 7.25. The predicted molar refractivity (Wildman–Crippen MR) is 100 cm³/mol. The lowest BCUT2D eigenvalue weighted by atomic mass is 9.85. The van der Waals surface area contributed by atoms with Crippen molar-refractivity contribution in [1.82, 2.24) is 0 Å². The number of aliphatic hydroxyl groups excluding tert-OH is 3. The zero-order valence-electron chi connectivity index (χ0n) is 16.3. The van der Waals surface area contributed by atoms with Gasteiger partial charge in [0, 0.05) is 6.42 Å². The van der Waals surface area contributed by atoms with Crippen molar-refractivity contribution in [1.29, 1.82) is 0 Å². The Bertz CT molecular complexity index is 307. The number of carbonyl (C=O) groups is 1. The summed E-state index contributed by atoms with van der Waals surface area (Å²) >= 11 is 0. The molecule has 5 heteroatoms. The van der Waals surface area contributed by atoms with Crippen LogP contribution < -0.4 is 0 Å². The van der Waals surface area contributed by atoms with E-state index in [9.17, 15) is 20.1 Å². The molecule has 0 aliphatic rings. The van der Waals surface area contributed by atoms with Gasteiger partial charge in [-0.2, -0.15) is 0 Å². The van der Waals surface area contributed by atoms with Crippen molar-refractivity contribution in [3.63, 3.8) is 0 Å². The summed E-state index contributed by atoms with van der Waals surface area (Å²) < 4.78 is 5.26. The Kier molecular flexibility index (Phi) is 15.2. The van der Waals surface area contributed by atoms with Gasteiger partial charge in [-0.05, 0) is 13.3 Å². The number of esters is 1. The number of ether oxygens (including phenoxy) is 1. The Morgan fingerprint density at radius 1 is 0.800 bits per heavy atom. The molecule has 0 rings (SSSR count). The maximum absolute atomic E-state index is 11.8. The van der Waals surface area contributed by atoms with Crippen molar-refractivity contribution in [3.05, 3.63) is 0 Å². The molecular formula is C20H40O5. The van der Waals surface area contributed by atoms with Gasteiger partial charge in [0.05, 0.1) is 25.2 Å². The Labute approximate surface area is 153 Å². The molecule has 0 aliphatic heterocycles. The summed E-state index contributed by atoms with van der Waals surface area (Å²) in [7, 11) is 0. The van der Waals surface area contributed by atoms with Crippen LogP contribution in [0.1, 0.15) is 90.9 Å². The molecule has 0 aromatic rings. The van der Waals surface area contributed by atoms with E-state index in [1.54, 1.807) is 6.92 Å². The number of aliphatic hydroxyl groups is 3. The molecule has 0 fully saturated rings. The third-order valence-electron chi connectivity index (χ3n) is 5.10. The highest BCUT2D eigenvalue weighted by atomic mass is 16.5. The van der Waals surface area contributed by atoms with Gasteiger partial charge in [0.15, 0.2) is 0 Å². The minimum atomic E-state index is -1.17. The standard InChI is InChI=1S/C20H40O5/c1-3-4-5-6-7-8-9-10-11-12-13-14-19(24)25-18(2)20(15-21,16-22)17-23/h18,21-23H,3-17H2,1-2H3. The minimum Gasteiger partial charge on any atom is -0.462 e. The molecule has 0 radical (unpaired) electrons. The van der Waals surface area contributed by atoms with Crippen LogP contribution in [0.3, 0.4) is 0 Å². The molecule has 0 aromatic carbocycles. The number of rotatable bonds is 17. The van der Waals surface area contributed by atoms with E-state index in [-0.39, 0.29) is 5.97 Å². The van der Waals surface area contributed by atoms with Crippen LogP contribution in [0.25, 0.3) is 0 Å². The molecule has 0 saturated heterocycles. The van der Waals surface area contributed by atoms with Crippen LogP contribution in [0.15, 0.2) is 0 Å². The van der Waals surface area contributed by atoms with Crippen molar-refractivity contribution < 1.29 is 24.9 Å².